The molecule has 0 aliphatic carbocycles. The summed E-state index contributed by atoms with van der Waals surface area (Å²) in [6, 6.07) is 1.42. The first kappa shape index (κ1) is 16.0. The summed E-state index contributed by atoms with van der Waals surface area (Å²) in [5.74, 6) is 1.47. The Bertz CT molecular complexity index is 471. The van der Waals surface area contributed by atoms with Gasteiger partial charge in [0.25, 0.3) is 0 Å². The van der Waals surface area contributed by atoms with E-state index >= 15 is 0 Å². The number of nitrogens with zero attached hydrogens (tertiary/aromatic N) is 4. The minimum Gasteiger partial charge on any atom is -0.448 e. The van der Waals surface area contributed by atoms with Crippen LogP contribution >= 0.6 is 0 Å². The van der Waals surface area contributed by atoms with Gasteiger partial charge in [-0.3, -0.25) is 14.7 Å². The second-order valence-corrected chi connectivity index (χ2v) is 7.33. The minimum atomic E-state index is 0.415. The molecule has 0 spiro atoms. The third kappa shape index (κ3) is 3.36. The number of hydrogen-bond acceptors (Lipinski definition) is 5. The molecular weight excluding hydrogens is 276 g/mol. The van der Waals surface area contributed by atoms with Crippen LogP contribution in [0.3, 0.4) is 0 Å². The van der Waals surface area contributed by atoms with Crippen LogP contribution in [0.4, 0.5) is 0 Å². The number of hydrogen-bond donors (Lipinski definition) is 0. The lowest BCUT2D eigenvalue weighted by Gasteiger charge is -2.48. The van der Waals surface area contributed by atoms with Crippen molar-refractivity contribution in [3.8, 4) is 0 Å². The third-order valence-electron chi connectivity index (χ3n) is 5.10. The molecule has 2 saturated heterocycles. The highest BCUT2D eigenvalue weighted by molar-refractivity contribution is 5.12. The van der Waals surface area contributed by atoms with Crippen LogP contribution in [0.2, 0.25) is 0 Å². The number of likely N-dealkylation sites (tertiary alicyclic amines) is 1. The summed E-state index contributed by atoms with van der Waals surface area (Å²) >= 11 is 0. The topological polar surface area (TPSA) is 35.8 Å². The van der Waals surface area contributed by atoms with Crippen molar-refractivity contribution in [3.63, 3.8) is 0 Å². The van der Waals surface area contributed by atoms with Gasteiger partial charge in [-0.15, -0.1) is 0 Å². The normalized spacial score (nSPS) is 22.6. The highest BCUT2D eigenvalue weighted by Crippen LogP contribution is 2.24. The Hall–Kier alpha value is -0.910. The van der Waals surface area contributed by atoms with Gasteiger partial charge in [-0.05, 0) is 13.8 Å². The fourth-order valence-corrected chi connectivity index (χ4v) is 3.60. The number of rotatable bonds is 5. The van der Waals surface area contributed by atoms with Gasteiger partial charge >= 0.3 is 0 Å². The average Bonchev–Trinajstić information content (AvgIpc) is 2.91. The minimum absolute atomic E-state index is 0.415. The van der Waals surface area contributed by atoms with E-state index in [4.69, 9.17) is 4.42 Å². The van der Waals surface area contributed by atoms with Crippen molar-refractivity contribution in [2.75, 3.05) is 39.3 Å². The molecule has 2 aliphatic rings. The van der Waals surface area contributed by atoms with Gasteiger partial charge in [-0.1, -0.05) is 13.8 Å². The summed E-state index contributed by atoms with van der Waals surface area (Å²) in [4.78, 5) is 12.1. The smallest absolute Gasteiger partial charge is 0.181 e. The first-order chi connectivity index (χ1) is 10.5. The molecule has 0 unspecified atom stereocenters. The fourth-order valence-electron chi connectivity index (χ4n) is 3.60. The summed E-state index contributed by atoms with van der Waals surface area (Å²) in [6.07, 6.45) is 1.59. The number of aromatic nitrogens is 1. The van der Waals surface area contributed by atoms with Gasteiger partial charge < -0.3 is 4.42 Å². The molecule has 0 amide bonds. The van der Waals surface area contributed by atoms with Crippen molar-refractivity contribution >= 4 is 0 Å². The van der Waals surface area contributed by atoms with E-state index in [-0.39, 0.29) is 0 Å². The van der Waals surface area contributed by atoms with Crippen LogP contribution in [0, 0.1) is 0 Å². The average molecular weight is 306 g/mol. The lowest BCUT2D eigenvalue weighted by atomic mass is 10.0. The molecule has 3 heterocycles. The van der Waals surface area contributed by atoms with Crippen molar-refractivity contribution < 1.29 is 4.42 Å². The standard InChI is InChI=1S/C17H30N4O/c1-13(2)17-16(18-12-22-17)11-19-9-15(10-19)21-7-5-20(6-8-21)14(3)4/h12-15H,5-11H2,1-4H3. The van der Waals surface area contributed by atoms with E-state index < -0.39 is 0 Å². The molecule has 3 rings (SSSR count). The second kappa shape index (κ2) is 6.69. The van der Waals surface area contributed by atoms with E-state index in [1.165, 1.54) is 39.3 Å². The van der Waals surface area contributed by atoms with Gasteiger partial charge in [-0.25, -0.2) is 4.98 Å². The van der Waals surface area contributed by atoms with E-state index in [9.17, 15) is 0 Å². The Morgan fingerprint density at radius 3 is 2.41 bits per heavy atom. The molecule has 2 aliphatic heterocycles. The molecule has 0 bridgehead atoms. The molecule has 0 atom stereocenters. The van der Waals surface area contributed by atoms with E-state index in [1.54, 1.807) is 6.39 Å². The van der Waals surface area contributed by atoms with Crippen molar-refractivity contribution in [2.45, 2.75) is 52.2 Å². The van der Waals surface area contributed by atoms with Gasteiger partial charge in [0.05, 0.1) is 5.69 Å². The van der Waals surface area contributed by atoms with E-state index in [0.29, 0.717) is 12.0 Å². The monoisotopic (exact) mass is 306 g/mol. The van der Waals surface area contributed by atoms with Gasteiger partial charge in [0.15, 0.2) is 6.39 Å². The summed E-state index contributed by atoms with van der Waals surface area (Å²) in [7, 11) is 0. The van der Waals surface area contributed by atoms with Crippen LogP contribution in [0.5, 0.6) is 0 Å². The summed E-state index contributed by atoms with van der Waals surface area (Å²) in [5.41, 5.74) is 1.12. The van der Waals surface area contributed by atoms with Crippen LogP contribution in [-0.4, -0.2) is 71.0 Å². The Labute approximate surface area is 134 Å². The van der Waals surface area contributed by atoms with Crippen LogP contribution in [0.1, 0.15) is 45.1 Å². The summed E-state index contributed by atoms with van der Waals surface area (Å²) in [6.45, 7) is 17.1. The SMILES string of the molecule is CC(C)c1ocnc1CN1CC(N2CCN(C(C)C)CC2)C1. The fraction of sp³-hybridized carbons (Fsp3) is 0.824. The highest BCUT2D eigenvalue weighted by atomic mass is 16.3. The summed E-state index contributed by atoms with van der Waals surface area (Å²) < 4.78 is 5.52. The molecule has 124 valence electrons. The first-order valence-corrected chi connectivity index (χ1v) is 8.67. The molecule has 1 aromatic rings. The Balaban J connectivity index is 1.44. The van der Waals surface area contributed by atoms with Gasteiger partial charge in [0.1, 0.15) is 5.76 Å². The molecule has 0 N–H and O–H groups in total. The van der Waals surface area contributed by atoms with Crippen LogP contribution in [-0.2, 0) is 6.54 Å². The van der Waals surface area contributed by atoms with Crippen molar-refractivity contribution in [2.24, 2.45) is 0 Å². The second-order valence-electron chi connectivity index (χ2n) is 7.33. The Kier molecular flexibility index (Phi) is 4.85. The molecule has 0 aromatic carbocycles. The van der Waals surface area contributed by atoms with Crippen LogP contribution < -0.4 is 0 Å². The lowest BCUT2D eigenvalue weighted by Crippen LogP contribution is -2.63. The third-order valence-corrected chi connectivity index (χ3v) is 5.10. The van der Waals surface area contributed by atoms with Crippen molar-refractivity contribution in [1.82, 2.24) is 19.7 Å². The van der Waals surface area contributed by atoms with Crippen LogP contribution in [0.25, 0.3) is 0 Å². The maximum atomic E-state index is 5.52. The zero-order valence-electron chi connectivity index (χ0n) is 14.5. The largest absolute Gasteiger partial charge is 0.448 e. The molecular formula is C17H30N4O. The van der Waals surface area contributed by atoms with Crippen molar-refractivity contribution in [3.05, 3.63) is 17.8 Å². The molecule has 1 aromatic heterocycles. The Morgan fingerprint density at radius 1 is 1.14 bits per heavy atom. The van der Waals surface area contributed by atoms with E-state index in [2.05, 4.69) is 47.4 Å². The lowest BCUT2D eigenvalue weighted by molar-refractivity contribution is -0.00478. The maximum Gasteiger partial charge on any atom is 0.181 e. The molecule has 0 saturated carbocycles. The zero-order valence-corrected chi connectivity index (χ0v) is 14.5. The molecule has 5 nitrogen and oxygen atoms in total. The summed E-state index contributed by atoms with van der Waals surface area (Å²) in [5, 5.41) is 0. The molecule has 22 heavy (non-hydrogen) atoms. The predicted molar refractivity (Wildman–Crippen MR) is 87.9 cm³/mol. The van der Waals surface area contributed by atoms with E-state index in [0.717, 1.165) is 24.0 Å². The quantitative estimate of drug-likeness (QED) is 0.831. The number of piperazine rings is 1. The Morgan fingerprint density at radius 2 is 1.82 bits per heavy atom. The first-order valence-electron chi connectivity index (χ1n) is 8.67. The zero-order chi connectivity index (χ0) is 15.7. The number of oxazole rings is 1. The molecule has 0 radical (unpaired) electrons. The van der Waals surface area contributed by atoms with Gasteiger partial charge in [0.2, 0.25) is 0 Å². The maximum absolute atomic E-state index is 5.52. The highest BCUT2D eigenvalue weighted by Gasteiger charge is 2.34. The van der Waals surface area contributed by atoms with Crippen molar-refractivity contribution in [1.29, 1.82) is 0 Å². The molecule has 2 fully saturated rings. The van der Waals surface area contributed by atoms with Crippen LogP contribution in [0.15, 0.2) is 10.8 Å². The molecule has 5 heteroatoms. The van der Waals surface area contributed by atoms with Gasteiger partial charge in [-0.2, -0.15) is 0 Å². The predicted octanol–water partition coefficient (Wildman–Crippen LogP) is 2.01. The van der Waals surface area contributed by atoms with E-state index in [1.807, 2.05) is 0 Å². The van der Waals surface area contributed by atoms with Gasteiger partial charge in [0, 0.05) is 63.8 Å².